The van der Waals surface area contributed by atoms with Crippen molar-refractivity contribution in [2.75, 3.05) is 23.2 Å². The van der Waals surface area contributed by atoms with Gasteiger partial charge in [-0.15, -0.1) is 0 Å². The van der Waals surface area contributed by atoms with Crippen LogP contribution in [0.2, 0.25) is 0 Å². The first kappa shape index (κ1) is 39.2. The standard InChI is InChI=1S/C39H50N2O6S3/c1-5-6-7-8-9-18-29-49(43,44)31-40-50(45,46)36-27-25-33(26-28-36)41-38(42)47-39(2,3)30-32-19-16-17-24-37(32)48(4,34-20-12-10-13-21-34)35-22-14-11-15-23-35/h10-17,19-28,40H,5-9,18,29-31H2,1-4H3,(H,41,42). The molecule has 1 amide bonds. The second kappa shape index (κ2) is 17.5. The van der Waals surface area contributed by atoms with Crippen LogP contribution in [0.15, 0.2) is 129 Å². The van der Waals surface area contributed by atoms with Gasteiger partial charge in [0.05, 0.1) is 10.6 Å². The van der Waals surface area contributed by atoms with Crippen molar-refractivity contribution in [2.24, 2.45) is 0 Å². The van der Waals surface area contributed by atoms with E-state index in [4.69, 9.17) is 4.74 Å². The minimum atomic E-state index is -4.07. The number of amides is 1. The summed E-state index contributed by atoms with van der Waals surface area (Å²) in [5.74, 6) is -0.721. The van der Waals surface area contributed by atoms with E-state index >= 15 is 0 Å². The molecule has 0 atom stereocenters. The first-order chi connectivity index (χ1) is 23.8. The molecule has 4 aromatic rings. The van der Waals surface area contributed by atoms with Crippen LogP contribution in [-0.4, -0.2) is 46.4 Å². The Morgan fingerprint density at radius 2 is 1.22 bits per heavy atom. The van der Waals surface area contributed by atoms with E-state index in [1.807, 2.05) is 38.1 Å². The lowest BCUT2D eigenvalue weighted by Gasteiger charge is -2.40. The third-order valence-electron chi connectivity index (χ3n) is 8.52. The normalized spacial score (nSPS) is 12.7. The Bertz CT molecular complexity index is 1860. The van der Waals surface area contributed by atoms with E-state index in [0.717, 1.165) is 37.7 Å². The number of anilines is 1. The van der Waals surface area contributed by atoms with Gasteiger partial charge in [-0.3, -0.25) is 5.32 Å². The van der Waals surface area contributed by atoms with Gasteiger partial charge in [0.2, 0.25) is 10.0 Å². The Kier molecular flexibility index (Phi) is 13.7. The zero-order valence-corrected chi connectivity index (χ0v) is 31.9. The second-order valence-electron chi connectivity index (χ2n) is 13.1. The third-order valence-corrected chi connectivity index (χ3v) is 15.3. The maximum absolute atomic E-state index is 13.1. The van der Waals surface area contributed by atoms with Gasteiger partial charge in [0.25, 0.3) is 0 Å². The van der Waals surface area contributed by atoms with Gasteiger partial charge in [0.15, 0.2) is 9.84 Å². The number of benzene rings is 4. The summed E-state index contributed by atoms with van der Waals surface area (Å²) in [5.41, 5.74) is 0.528. The molecule has 0 aliphatic carbocycles. The number of hydrogen-bond donors (Lipinski definition) is 2. The molecule has 4 rings (SSSR count). The maximum atomic E-state index is 13.1. The zero-order valence-electron chi connectivity index (χ0n) is 29.4. The molecule has 0 unspecified atom stereocenters. The smallest absolute Gasteiger partial charge is 0.412 e. The summed E-state index contributed by atoms with van der Waals surface area (Å²) >= 11 is 0. The number of carbonyl (C=O) groups excluding carboxylic acids is 1. The predicted octanol–water partition coefficient (Wildman–Crippen LogP) is 9.18. The molecule has 270 valence electrons. The molecule has 11 heteroatoms. The number of sulfonamides is 1. The fraction of sp³-hybridized carbons (Fsp3) is 0.359. The van der Waals surface area contributed by atoms with Gasteiger partial charge in [-0.25, -0.2) is 21.6 Å². The number of ether oxygens (including phenoxy) is 1. The van der Waals surface area contributed by atoms with Gasteiger partial charge in [0, 0.05) is 17.0 Å². The molecule has 0 fully saturated rings. The fourth-order valence-corrected chi connectivity index (χ4v) is 11.8. The molecule has 0 aromatic heterocycles. The summed E-state index contributed by atoms with van der Waals surface area (Å²) in [6, 6.07) is 34.8. The van der Waals surface area contributed by atoms with Crippen molar-refractivity contribution < 1.29 is 26.4 Å². The highest BCUT2D eigenvalue weighted by atomic mass is 32.3. The predicted molar refractivity (Wildman–Crippen MR) is 204 cm³/mol. The van der Waals surface area contributed by atoms with Gasteiger partial charge in [-0.1, -0.05) is 93.6 Å². The summed E-state index contributed by atoms with van der Waals surface area (Å²) in [6.45, 7) is 5.85. The number of nitrogens with one attached hydrogen (secondary N) is 2. The highest BCUT2D eigenvalue weighted by Crippen LogP contribution is 2.66. The molecule has 0 radical (unpaired) electrons. The third kappa shape index (κ3) is 10.9. The average Bonchev–Trinajstić information content (AvgIpc) is 3.09. The Morgan fingerprint density at radius 3 is 1.82 bits per heavy atom. The summed E-state index contributed by atoms with van der Waals surface area (Å²) in [6.07, 6.45) is 7.67. The van der Waals surface area contributed by atoms with E-state index in [1.54, 1.807) is 0 Å². The van der Waals surface area contributed by atoms with Crippen LogP contribution in [0.25, 0.3) is 0 Å². The molecule has 0 bridgehead atoms. The van der Waals surface area contributed by atoms with Crippen molar-refractivity contribution in [3.05, 3.63) is 115 Å². The molecule has 50 heavy (non-hydrogen) atoms. The molecular formula is C39H50N2O6S3. The number of hydrogen-bond acceptors (Lipinski definition) is 6. The first-order valence-electron chi connectivity index (χ1n) is 17.0. The van der Waals surface area contributed by atoms with E-state index in [-0.39, 0.29) is 10.6 Å². The summed E-state index contributed by atoms with van der Waals surface area (Å²) in [5, 5.41) is 2.69. The van der Waals surface area contributed by atoms with Crippen LogP contribution in [-0.2, 0) is 31.0 Å². The number of rotatable bonds is 18. The Hall–Kier alpha value is -3.64. The van der Waals surface area contributed by atoms with E-state index in [0.29, 0.717) is 18.5 Å². The monoisotopic (exact) mass is 738 g/mol. The highest BCUT2D eigenvalue weighted by molar-refractivity contribution is 8.33. The molecule has 0 aliphatic rings. The van der Waals surface area contributed by atoms with Gasteiger partial charge < -0.3 is 4.74 Å². The van der Waals surface area contributed by atoms with Crippen LogP contribution in [0.3, 0.4) is 0 Å². The van der Waals surface area contributed by atoms with Crippen LogP contribution in [0.5, 0.6) is 0 Å². The Labute approximate surface area is 300 Å². The van der Waals surface area contributed by atoms with Crippen LogP contribution >= 0.6 is 10.0 Å². The van der Waals surface area contributed by atoms with E-state index in [2.05, 4.69) is 83.9 Å². The molecule has 0 saturated carbocycles. The number of sulfone groups is 1. The summed E-state index contributed by atoms with van der Waals surface area (Å²) in [4.78, 5) is 16.6. The lowest BCUT2D eigenvalue weighted by atomic mass is 9.98. The lowest BCUT2D eigenvalue weighted by Crippen LogP contribution is -2.33. The van der Waals surface area contributed by atoms with Gasteiger partial charge in [0.1, 0.15) is 11.5 Å². The highest BCUT2D eigenvalue weighted by Gasteiger charge is 2.31. The van der Waals surface area contributed by atoms with Crippen molar-refractivity contribution in [1.82, 2.24) is 4.72 Å². The largest absolute Gasteiger partial charge is 0.443 e. The van der Waals surface area contributed by atoms with Gasteiger partial charge in [-0.2, -0.15) is 14.8 Å². The fourth-order valence-electron chi connectivity index (χ4n) is 5.86. The van der Waals surface area contributed by atoms with Crippen molar-refractivity contribution in [1.29, 1.82) is 0 Å². The van der Waals surface area contributed by atoms with E-state index < -0.39 is 47.5 Å². The molecule has 0 aliphatic heterocycles. The minimum absolute atomic E-state index is 0.0604. The number of carbonyl (C=O) groups is 1. The van der Waals surface area contributed by atoms with Crippen molar-refractivity contribution in [2.45, 2.75) is 90.9 Å². The topological polar surface area (TPSA) is 119 Å². The zero-order chi connectivity index (χ0) is 36.3. The molecule has 8 nitrogen and oxygen atoms in total. The Balaban J connectivity index is 1.39. The van der Waals surface area contributed by atoms with E-state index in [9.17, 15) is 21.6 Å². The maximum Gasteiger partial charge on any atom is 0.412 e. The van der Waals surface area contributed by atoms with E-state index in [1.165, 1.54) is 39.0 Å². The quantitative estimate of drug-likeness (QED) is 0.0984. The first-order valence-corrected chi connectivity index (χ1v) is 22.4. The second-order valence-corrected chi connectivity index (χ2v) is 20.3. The SMILES string of the molecule is CCCCCCCCS(=O)(=O)CNS(=O)(=O)c1ccc(NC(=O)OC(C)(C)Cc2ccccc2S(C)(c2ccccc2)c2ccccc2)cc1. The molecule has 2 N–H and O–H groups in total. The van der Waals surface area contributed by atoms with Crippen LogP contribution in [0.1, 0.15) is 64.9 Å². The van der Waals surface area contributed by atoms with Crippen molar-refractivity contribution in [3.8, 4) is 0 Å². The summed E-state index contributed by atoms with van der Waals surface area (Å²) in [7, 11) is -9.29. The lowest BCUT2D eigenvalue weighted by molar-refractivity contribution is 0.0489. The molecule has 0 heterocycles. The molecular weight excluding hydrogens is 689 g/mol. The Morgan fingerprint density at radius 1 is 0.680 bits per heavy atom. The number of unbranched alkanes of at least 4 members (excludes halogenated alkanes) is 5. The van der Waals surface area contributed by atoms with Crippen LogP contribution < -0.4 is 10.0 Å². The minimum Gasteiger partial charge on any atom is -0.443 e. The van der Waals surface area contributed by atoms with Crippen molar-refractivity contribution in [3.63, 3.8) is 0 Å². The molecule has 0 spiro atoms. The van der Waals surface area contributed by atoms with Crippen LogP contribution in [0, 0.1) is 0 Å². The van der Waals surface area contributed by atoms with Gasteiger partial charge in [-0.05, 0) is 96.5 Å². The summed E-state index contributed by atoms with van der Waals surface area (Å²) < 4.78 is 58.6. The molecule has 0 saturated heterocycles. The van der Waals surface area contributed by atoms with Crippen molar-refractivity contribution >= 4 is 41.7 Å². The van der Waals surface area contributed by atoms with Gasteiger partial charge >= 0.3 is 6.09 Å². The van der Waals surface area contributed by atoms with Crippen LogP contribution in [0.4, 0.5) is 10.5 Å². The molecule has 4 aromatic carbocycles. The average molecular weight is 739 g/mol.